The molecule has 2 aromatic rings. The summed E-state index contributed by atoms with van der Waals surface area (Å²) in [5.74, 6) is 2.17. The quantitative estimate of drug-likeness (QED) is 0.793. The van der Waals surface area contributed by atoms with Crippen LogP contribution in [0.4, 0.5) is 5.69 Å². The lowest BCUT2D eigenvalue weighted by atomic mass is 9.85. The van der Waals surface area contributed by atoms with Gasteiger partial charge in [0.2, 0.25) is 5.91 Å². The molecule has 2 unspecified atom stereocenters. The number of amides is 1. The number of nitrogens with one attached hydrogen (secondary N) is 2. The number of carbonyl (C=O) groups is 1. The number of anilines is 1. The maximum atomic E-state index is 11.6. The van der Waals surface area contributed by atoms with E-state index >= 15 is 0 Å². The van der Waals surface area contributed by atoms with E-state index in [0.29, 0.717) is 23.5 Å². The average molecular weight is 382 g/mol. The molecule has 2 aliphatic heterocycles. The molecule has 6 heteroatoms. The number of thiocarbonyl (C=S) groups is 1. The van der Waals surface area contributed by atoms with Crippen molar-refractivity contribution in [3.05, 3.63) is 54.6 Å². The van der Waals surface area contributed by atoms with Gasteiger partial charge in [-0.25, -0.2) is 0 Å². The highest BCUT2D eigenvalue weighted by atomic mass is 32.1. The van der Waals surface area contributed by atoms with Gasteiger partial charge in [-0.1, -0.05) is 30.3 Å². The van der Waals surface area contributed by atoms with Crippen molar-refractivity contribution < 1.29 is 9.53 Å². The Labute approximate surface area is 164 Å². The van der Waals surface area contributed by atoms with Crippen molar-refractivity contribution >= 4 is 28.9 Å². The number of benzene rings is 2. The van der Waals surface area contributed by atoms with E-state index < -0.39 is 0 Å². The predicted octanol–water partition coefficient (Wildman–Crippen LogP) is 3.78. The number of nitrogens with zero attached hydrogens (tertiary/aromatic N) is 1. The van der Waals surface area contributed by atoms with Gasteiger partial charge in [0.15, 0.2) is 10.9 Å². The Bertz CT molecular complexity index is 827. The number of fused-ring (bicyclic) bond motifs is 1. The predicted molar refractivity (Wildman–Crippen MR) is 110 cm³/mol. The van der Waals surface area contributed by atoms with Gasteiger partial charge in [0.1, 0.15) is 5.75 Å². The minimum Gasteiger partial charge on any atom is -0.455 e. The summed E-state index contributed by atoms with van der Waals surface area (Å²) < 4.78 is 6.01. The number of hydrogen-bond donors (Lipinski definition) is 2. The third-order valence-corrected chi connectivity index (χ3v) is 5.57. The van der Waals surface area contributed by atoms with Crippen molar-refractivity contribution in [2.45, 2.75) is 25.3 Å². The molecule has 0 radical (unpaired) electrons. The first-order valence-corrected chi connectivity index (χ1v) is 9.77. The van der Waals surface area contributed by atoms with E-state index in [-0.39, 0.29) is 5.91 Å². The van der Waals surface area contributed by atoms with Gasteiger partial charge in [-0.15, -0.1) is 0 Å². The van der Waals surface area contributed by atoms with Crippen LogP contribution in [0.2, 0.25) is 0 Å². The third-order valence-electron chi connectivity index (χ3n) is 5.21. The molecule has 0 aromatic heterocycles. The Balaban J connectivity index is 1.42. The van der Waals surface area contributed by atoms with Crippen LogP contribution in [0, 0.1) is 5.92 Å². The summed E-state index contributed by atoms with van der Waals surface area (Å²) in [6.45, 7) is 1.72. The largest absolute Gasteiger partial charge is 0.455 e. The molecule has 2 fully saturated rings. The first-order valence-electron chi connectivity index (χ1n) is 9.36. The Kier molecular flexibility index (Phi) is 5.25. The number of ether oxygens (including phenoxy) is 1. The van der Waals surface area contributed by atoms with Crippen molar-refractivity contribution in [1.82, 2.24) is 10.2 Å². The molecule has 0 aliphatic carbocycles. The van der Waals surface area contributed by atoms with Crippen molar-refractivity contribution in [2.24, 2.45) is 5.92 Å². The van der Waals surface area contributed by atoms with Crippen molar-refractivity contribution in [3.63, 3.8) is 0 Å². The molecule has 0 saturated carbocycles. The number of likely N-dealkylation sites (tertiary alicyclic amines) is 1. The number of rotatable bonds is 3. The highest BCUT2D eigenvalue weighted by Crippen LogP contribution is 2.30. The molecule has 5 nitrogen and oxygen atoms in total. The fourth-order valence-electron chi connectivity index (χ4n) is 3.76. The Morgan fingerprint density at radius 3 is 2.74 bits per heavy atom. The molecular weight excluding hydrogens is 358 g/mol. The Hall–Kier alpha value is -2.60. The second-order valence-corrected chi connectivity index (χ2v) is 7.44. The third kappa shape index (κ3) is 4.22. The van der Waals surface area contributed by atoms with Crippen molar-refractivity contribution in [2.75, 3.05) is 18.4 Å². The van der Waals surface area contributed by atoms with E-state index in [4.69, 9.17) is 17.0 Å². The molecule has 1 amide bonds. The maximum absolute atomic E-state index is 11.6. The summed E-state index contributed by atoms with van der Waals surface area (Å²) in [6, 6.07) is 17.8. The Morgan fingerprint density at radius 1 is 1.11 bits per heavy atom. The second-order valence-electron chi connectivity index (χ2n) is 7.05. The zero-order valence-corrected chi connectivity index (χ0v) is 15.9. The molecule has 2 saturated heterocycles. The van der Waals surface area contributed by atoms with Crippen LogP contribution in [0.25, 0.3) is 0 Å². The molecule has 0 bridgehead atoms. The van der Waals surface area contributed by atoms with Gasteiger partial charge in [0.05, 0.1) is 5.69 Å². The van der Waals surface area contributed by atoms with Gasteiger partial charge in [-0.3, -0.25) is 4.79 Å². The first-order chi connectivity index (χ1) is 13.2. The molecule has 0 spiro atoms. The molecule has 2 N–H and O–H groups in total. The minimum atomic E-state index is 0.178. The lowest BCUT2D eigenvalue weighted by molar-refractivity contribution is -0.125. The first kappa shape index (κ1) is 17.8. The standard InChI is InChI=1S/C21H23N3O2S/c25-20-11-10-15-14-24(13-12-17(15)22-20)21(27)23-18-8-4-5-9-19(18)26-16-6-2-1-3-7-16/h1-9,15,17H,10-14H2,(H,22,25)(H,23,27). The topological polar surface area (TPSA) is 53.6 Å². The summed E-state index contributed by atoms with van der Waals surface area (Å²) in [7, 11) is 0. The zero-order valence-electron chi connectivity index (χ0n) is 15.1. The number of para-hydroxylation sites is 3. The minimum absolute atomic E-state index is 0.178. The molecule has 4 rings (SSSR count). The summed E-state index contributed by atoms with van der Waals surface area (Å²) >= 11 is 5.67. The maximum Gasteiger partial charge on any atom is 0.220 e. The summed E-state index contributed by atoms with van der Waals surface area (Å²) in [5.41, 5.74) is 0.852. The SMILES string of the molecule is O=C1CCC2CN(C(=S)Nc3ccccc3Oc3ccccc3)CCC2N1. The van der Waals surface area contributed by atoms with E-state index in [1.165, 1.54) is 0 Å². The number of piperidine rings is 2. The van der Waals surface area contributed by atoms with Crippen LogP contribution in [0.1, 0.15) is 19.3 Å². The molecule has 140 valence electrons. The van der Waals surface area contributed by atoms with E-state index in [1.54, 1.807) is 0 Å². The van der Waals surface area contributed by atoms with Gasteiger partial charge in [-0.05, 0) is 55.2 Å². The van der Waals surface area contributed by atoms with Crippen molar-refractivity contribution in [1.29, 1.82) is 0 Å². The molecule has 2 atom stereocenters. The Morgan fingerprint density at radius 2 is 1.89 bits per heavy atom. The lowest BCUT2D eigenvalue weighted by Crippen LogP contribution is -2.55. The van der Waals surface area contributed by atoms with Crippen LogP contribution < -0.4 is 15.4 Å². The molecule has 2 aliphatic rings. The number of carbonyl (C=O) groups excluding carboxylic acids is 1. The summed E-state index contributed by atoms with van der Waals surface area (Å²) in [4.78, 5) is 13.8. The van der Waals surface area contributed by atoms with Crippen LogP contribution >= 0.6 is 12.2 Å². The normalized spacial score (nSPS) is 21.8. The van der Waals surface area contributed by atoms with Crippen LogP contribution in [0.5, 0.6) is 11.5 Å². The smallest absolute Gasteiger partial charge is 0.220 e. The van der Waals surface area contributed by atoms with E-state index in [2.05, 4.69) is 15.5 Å². The van der Waals surface area contributed by atoms with Crippen LogP contribution in [0.15, 0.2) is 54.6 Å². The zero-order chi connectivity index (χ0) is 18.6. The lowest BCUT2D eigenvalue weighted by Gasteiger charge is -2.42. The second kappa shape index (κ2) is 7.96. The molecule has 2 heterocycles. The van der Waals surface area contributed by atoms with Crippen LogP contribution in [-0.2, 0) is 4.79 Å². The summed E-state index contributed by atoms with van der Waals surface area (Å²) in [6.07, 6.45) is 2.48. The highest BCUT2D eigenvalue weighted by molar-refractivity contribution is 7.80. The molecule has 2 aromatic carbocycles. The van der Waals surface area contributed by atoms with Gasteiger partial charge in [-0.2, -0.15) is 0 Å². The van der Waals surface area contributed by atoms with Crippen LogP contribution in [0.3, 0.4) is 0 Å². The van der Waals surface area contributed by atoms with Gasteiger partial charge in [0, 0.05) is 25.6 Å². The van der Waals surface area contributed by atoms with E-state index in [9.17, 15) is 4.79 Å². The fraction of sp³-hybridized carbons (Fsp3) is 0.333. The monoisotopic (exact) mass is 381 g/mol. The van der Waals surface area contributed by atoms with Crippen molar-refractivity contribution in [3.8, 4) is 11.5 Å². The van der Waals surface area contributed by atoms with E-state index in [0.717, 1.165) is 43.1 Å². The molecular formula is C21H23N3O2S. The van der Waals surface area contributed by atoms with Crippen LogP contribution in [-0.4, -0.2) is 35.1 Å². The van der Waals surface area contributed by atoms with Gasteiger partial charge in [0.25, 0.3) is 0 Å². The van der Waals surface area contributed by atoms with E-state index in [1.807, 2.05) is 54.6 Å². The average Bonchev–Trinajstić information content (AvgIpc) is 2.70. The highest BCUT2D eigenvalue weighted by Gasteiger charge is 2.34. The fourth-order valence-corrected chi connectivity index (χ4v) is 4.04. The van der Waals surface area contributed by atoms with Gasteiger partial charge < -0.3 is 20.3 Å². The molecule has 27 heavy (non-hydrogen) atoms. The van der Waals surface area contributed by atoms with Gasteiger partial charge >= 0.3 is 0 Å². The number of hydrogen-bond acceptors (Lipinski definition) is 3. The summed E-state index contributed by atoms with van der Waals surface area (Å²) in [5, 5.41) is 7.17.